The second-order valence-electron chi connectivity index (χ2n) is 6.04. The normalized spacial score (nSPS) is 17.3. The molecule has 0 spiro atoms. The number of nitrogens with one attached hydrogen (secondary N) is 2. The van der Waals surface area contributed by atoms with Crippen molar-refractivity contribution in [1.82, 2.24) is 15.3 Å². The lowest BCUT2D eigenvalue weighted by atomic mass is 10.1. The van der Waals surface area contributed by atoms with Gasteiger partial charge in [-0.15, -0.1) is 0 Å². The molecule has 128 valence electrons. The van der Waals surface area contributed by atoms with Gasteiger partial charge in [0.15, 0.2) is 0 Å². The molecule has 6 nitrogen and oxygen atoms in total. The average Bonchev–Trinajstić information content (AvgIpc) is 2.84. The summed E-state index contributed by atoms with van der Waals surface area (Å²) in [5.41, 5.74) is 0. The van der Waals surface area contributed by atoms with Crippen LogP contribution in [0.4, 0.5) is 5.95 Å². The van der Waals surface area contributed by atoms with Gasteiger partial charge in [0.2, 0.25) is 11.9 Å². The predicted molar refractivity (Wildman–Crippen MR) is 90.2 cm³/mol. The summed E-state index contributed by atoms with van der Waals surface area (Å²) in [5, 5.41) is 6.04. The van der Waals surface area contributed by atoms with Crippen LogP contribution in [0.25, 0.3) is 0 Å². The lowest BCUT2D eigenvalue weighted by molar-refractivity contribution is -0.135. The molecule has 0 unspecified atom stereocenters. The summed E-state index contributed by atoms with van der Waals surface area (Å²) in [4.78, 5) is 20.2. The number of hydrogen-bond acceptors (Lipinski definition) is 5. The van der Waals surface area contributed by atoms with Crippen molar-refractivity contribution in [2.45, 2.75) is 64.1 Å². The van der Waals surface area contributed by atoms with Gasteiger partial charge in [-0.3, -0.25) is 4.79 Å². The number of carbonyl (C=O) groups is 1. The molecule has 23 heavy (non-hydrogen) atoms. The average molecular weight is 320 g/mol. The Hall–Kier alpha value is -1.69. The van der Waals surface area contributed by atoms with Crippen LogP contribution < -0.4 is 10.6 Å². The molecular formula is C17H28N4O2. The highest BCUT2D eigenvalue weighted by molar-refractivity contribution is 5.80. The third-order valence-electron chi connectivity index (χ3n) is 4.07. The zero-order valence-electron chi connectivity index (χ0n) is 14.0. The molecule has 0 aliphatic heterocycles. The van der Waals surface area contributed by atoms with Crippen LogP contribution in [0.2, 0.25) is 0 Å². The molecule has 1 atom stereocenters. The molecule has 1 aromatic rings. The minimum Gasteiger partial charge on any atom is -0.365 e. The first-order valence-electron chi connectivity index (χ1n) is 8.70. The maximum absolute atomic E-state index is 12.1. The van der Waals surface area contributed by atoms with Crippen molar-refractivity contribution in [1.29, 1.82) is 0 Å². The molecule has 0 bridgehead atoms. The van der Waals surface area contributed by atoms with Crippen molar-refractivity contribution in [2.75, 3.05) is 18.4 Å². The molecule has 1 amide bonds. The molecule has 1 saturated carbocycles. The van der Waals surface area contributed by atoms with Crippen molar-refractivity contribution in [3.05, 3.63) is 18.5 Å². The van der Waals surface area contributed by atoms with Crippen LogP contribution in [0.1, 0.15) is 51.9 Å². The Morgan fingerprint density at radius 3 is 2.61 bits per heavy atom. The molecule has 2 rings (SSSR count). The van der Waals surface area contributed by atoms with E-state index in [2.05, 4.69) is 20.6 Å². The maximum atomic E-state index is 12.1. The van der Waals surface area contributed by atoms with Crippen LogP contribution in [-0.2, 0) is 9.53 Å². The van der Waals surface area contributed by atoms with Crippen LogP contribution in [0.5, 0.6) is 0 Å². The maximum Gasteiger partial charge on any atom is 0.248 e. The molecule has 1 aromatic heterocycles. The number of hydrogen-bond donors (Lipinski definition) is 2. The van der Waals surface area contributed by atoms with E-state index in [9.17, 15) is 4.79 Å². The van der Waals surface area contributed by atoms with Crippen molar-refractivity contribution in [2.24, 2.45) is 0 Å². The number of aromatic nitrogens is 2. The Kier molecular flexibility index (Phi) is 7.80. The Morgan fingerprint density at radius 1 is 1.22 bits per heavy atom. The fourth-order valence-electron chi connectivity index (χ4n) is 2.76. The van der Waals surface area contributed by atoms with Gasteiger partial charge in [0, 0.05) is 25.5 Å². The molecular weight excluding hydrogens is 292 g/mol. The fraction of sp³-hybridized carbons (Fsp3) is 0.706. The zero-order valence-corrected chi connectivity index (χ0v) is 14.0. The SMILES string of the molecule is C[C@H](OC1CCCCCC1)C(=O)NCCCNc1ncccn1. The minimum atomic E-state index is -0.372. The third-order valence-corrected chi connectivity index (χ3v) is 4.07. The molecule has 2 N–H and O–H groups in total. The van der Waals surface area contributed by atoms with E-state index in [0.717, 1.165) is 25.8 Å². The summed E-state index contributed by atoms with van der Waals surface area (Å²) < 4.78 is 5.91. The standard InChI is InChI=1S/C17H28N4O2/c1-14(23-15-8-4-2-3-5-9-15)16(22)18-10-6-11-19-17-20-12-7-13-21-17/h7,12-15H,2-6,8-11H2,1H3,(H,18,22)(H,19,20,21)/t14-/m0/s1. The van der Waals surface area contributed by atoms with E-state index in [1.54, 1.807) is 18.5 Å². The molecule has 0 saturated heterocycles. The van der Waals surface area contributed by atoms with Gasteiger partial charge in [0.05, 0.1) is 6.10 Å². The van der Waals surface area contributed by atoms with E-state index in [1.165, 1.54) is 25.7 Å². The quantitative estimate of drug-likeness (QED) is 0.568. The Labute approximate surface area is 138 Å². The van der Waals surface area contributed by atoms with Gasteiger partial charge in [-0.1, -0.05) is 25.7 Å². The zero-order chi connectivity index (χ0) is 16.3. The van der Waals surface area contributed by atoms with E-state index in [1.807, 2.05) is 6.92 Å². The summed E-state index contributed by atoms with van der Waals surface area (Å²) in [6.45, 7) is 3.19. The topological polar surface area (TPSA) is 76.1 Å². The molecule has 1 heterocycles. The van der Waals surface area contributed by atoms with Gasteiger partial charge in [-0.25, -0.2) is 9.97 Å². The van der Waals surface area contributed by atoms with Crippen LogP contribution >= 0.6 is 0 Å². The van der Waals surface area contributed by atoms with E-state index in [-0.39, 0.29) is 18.1 Å². The Balaban J connectivity index is 1.56. The largest absolute Gasteiger partial charge is 0.365 e. The molecule has 1 aliphatic carbocycles. The van der Waals surface area contributed by atoms with Crippen LogP contribution in [-0.4, -0.2) is 41.2 Å². The number of ether oxygens (including phenoxy) is 1. The number of amides is 1. The molecule has 0 radical (unpaired) electrons. The second-order valence-corrected chi connectivity index (χ2v) is 6.04. The van der Waals surface area contributed by atoms with E-state index < -0.39 is 0 Å². The highest BCUT2D eigenvalue weighted by Crippen LogP contribution is 2.20. The summed E-state index contributed by atoms with van der Waals surface area (Å²) in [7, 11) is 0. The molecule has 1 aliphatic rings. The smallest absolute Gasteiger partial charge is 0.248 e. The molecule has 0 aromatic carbocycles. The Morgan fingerprint density at radius 2 is 1.91 bits per heavy atom. The van der Waals surface area contributed by atoms with Crippen molar-refractivity contribution >= 4 is 11.9 Å². The number of anilines is 1. The van der Waals surface area contributed by atoms with Gasteiger partial charge < -0.3 is 15.4 Å². The minimum absolute atomic E-state index is 0.0230. The first-order chi connectivity index (χ1) is 11.3. The highest BCUT2D eigenvalue weighted by Gasteiger charge is 2.19. The monoisotopic (exact) mass is 320 g/mol. The molecule has 6 heteroatoms. The van der Waals surface area contributed by atoms with Crippen molar-refractivity contribution in [3.63, 3.8) is 0 Å². The number of carbonyl (C=O) groups excluding carboxylic acids is 1. The van der Waals surface area contributed by atoms with Crippen molar-refractivity contribution in [3.8, 4) is 0 Å². The summed E-state index contributed by atoms with van der Waals surface area (Å²) in [6, 6.07) is 1.78. The van der Waals surface area contributed by atoms with E-state index in [4.69, 9.17) is 4.74 Å². The summed E-state index contributed by atoms with van der Waals surface area (Å²) >= 11 is 0. The summed E-state index contributed by atoms with van der Waals surface area (Å²) in [6.07, 6.45) is 11.3. The lowest BCUT2D eigenvalue weighted by Crippen LogP contribution is -2.37. The summed E-state index contributed by atoms with van der Waals surface area (Å²) in [5.74, 6) is 0.592. The van der Waals surface area contributed by atoms with Crippen LogP contribution in [0.3, 0.4) is 0 Å². The third kappa shape index (κ3) is 6.95. The first-order valence-corrected chi connectivity index (χ1v) is 8.70. The van der Waals surface area contributed by atoms with Gasteiger partial charge >= 0.3 is 0 Å². The van der Waals surface area contributed by atoms with Gasteiger partial charge in [0.25, 0.3) is 0 Å². The highest BCUT2D eigenvalue weighted by atomic mass is 16.5. The van der Waals surface area contributed by atoms with Gasteiger partial charge in [-0.05, 0) is 32.3 Å². The predicted octanol–water partition coefficient (Wildman–Crippen LogP) is 2.52. The first kappa shape index (κ1) is 17.7. The Bertz CT molecular complexity index is 447. The second kappa shape index (κ2) is 10.2. The van der Waals surface area contributed by atoms with Crippen LogP contribution in [0, 0.1) is 0 Å². The lowest BCUT2D eigenvalue weighted by Gasteiger charge is -2.20. The van der Waals surface area contributed by atoms with Gasteiger partial charge in [-0.2, -0.15) is 0 Å². The van der Waals surface area contributed by atoms with E-state index >= 15 is 0 Å². The number of nitrogens with zero attached hydrogens (tertiary/aromatic N) is 2. The van der Waals surface area contributed by atoms with Gasteiger partial charge in [0.1, 0.15) is 6.10 Å². The molecule has 1 fully saturated rings. The van der Waals surface area contributed by atoms with Crippen molar-refractivity contribution < 1.29 is 9.53 Å². The van der Waals surface area contributed by atoms with Crippen LogP contribution in [0.15, 0.2) is 18.5 Å². The number of rotatable bonds is 8. The van der Waals surface area contributed by atoms with E-state index in [0.29, 0.717) is 12.5 Å². The fourth-order valence-corrected chi connectivity index (χ4v) is 2.76.